The summed E-state index contributed by atoms with van der Waals surface area (Å²) in [5.74, 6) is 1.35. The largest absolute Gasteiger partial charge is 0.354 e. The molecule has 0 atom stereocenters. The van der Waals surface area contributed by atoms with Gasteiger partial charge in [0.25, 0.3) is 0 Å². The first-order chi connectivity index (χ1) is 9.63. The molecule has 0 spiro atoms. The Labute approximate surface area is 120 Å². The van der Waals surface area contributed by atoms with Gasteiger partial charge in [0.15, 0.2) is 0 Å². The lowest BCUT2D eigenvalue weighted by Crippen LogP contribution is -2.40. The molecule has 6 heteroatoms. The maximum absolute atomic E-state index is 11.8. The Kier molecular flexibility index (Phi) is 5.52. The highest BCUT2D eigenvalue weighted by Gasteiger charge is 2.20. The van der Waals surface area contributed by atoms with Crippen LogP contribution in [-0.4, -0.2) is 52.0 Å². The predicted molar refractivity (Wildman–Crippen MR) is 77.0 cm³/mol. The van der Waals surface area contributed by atoms with Crippen LogP contribution in [0.15, 0.2) is 12.4 Å². The minimum atomic E-state index is 0.0140. The Bertz CT molecular complexity index is 396. The molecule has 1 amide bonds. The van der Waals surface area contributed by atoms with E-state index >= 15 is 0 Å². The Morgan fingerprint density at radius 2 is 2.15 bits per heavy atom. The molecule has 0 radical (unpaired) electrons. The zero-order valence-corrected chi connectivity index (χ0v) is 12.5. The number of carbonyl (C=O) groups is 1. The van der Waals surface area contributed by atoms with Crippen molar-refractivity contribution >= 4 is 5.91 Å². The molecule has 20 heavy (non-hydrogen) atoms. The van der Waals surface area contributed by atoms with Crippen molar-refractivity contribution in [2.24, 2.45) is 11.8 Å². The van der Waals surface area contributed by atoms with E-state index < -0.39 is 0 Å². The second-order valence-electron chi connectivity index (χ2n) is 6.04. The number of carbonyl (C=O) groups excluding carboxylic acids is 1. The molecular formula is C14H25N5O. The first kappa shape index (κ1) is 15.0. The van der Waals surface area contributed by atoms with Gasteiger partial charge in [-0.1, -0.05) is 19.1 Å². The Balaban J connectivity index is 1.62. The van der Waals surface area contributed by atoms with E-state index in [2.05, 4.69) is 34.4 Å². The summed E-state index contributed by atoms with van der Waals surface area (Å²) in [7, 11) is 0. The zero-order valence-electron chi connectivity index (χ0n) is 12.5. The lowest BCUT2D eigenvalue weighted by molar-refractivity contribution is -0.122. The maximum atomic E-state index is 11.8. The van der Waals surface area contributed by atoms with Crippen LogP contribution >= 0.6 is 0 Å². The fourth-order valence-corrected chi connectivity index (χ4v) is 2.67. The molecule has 2 heterocycles. The summed E-state index contributed by atoms with van der Waals surface area (Å²) < 4.78 is 1.54. The molecule has 0 aromatic carbocycles. The standard InChI is InChI=1S/C14H25N5O/c1-12(2)10-18-6-3-13(4-7-18)9-15-14(20)11-19-8-5-16-17-19/h5,8,12-13H,3-4,6-7,9-11H2,1-2H3,(H,15,20). The van der Waals surface area contributed by atoms with Crippen LogP contribution in [-0.2, 0) is 11.3 Å². The number of likely N-dealkylation sites (tertiary alicyclic amines) is 1. The van der Waals surface area contributed by atoms with Crippen LogP contribution < -0.4 is 5.32 Å². The lowest BCUT2D eigenvalue weighted by Gasteiger charge is -2.33. The summed E-state index contributed by atoms with van der Waals surface area (Å²) in [6.07, 6.45) is 5.63. The molecule has 1 N–H and O–H groups in total. The summed E-state index contributed by atoms with van der Waals surface area (Å²) in [6, 6.07) is 0. The molecule has 1 aromatic rings. The number of rotatable bonds is 6. The molecule has 1 aromatic heterocycles. The average molecular weight is 279 g/mol. The van der Waals surface area contributed by atoms with Gasteiger partial charge in [0.2, 0.25) is 5.91 Å². The molecule has 0 bridgehead atoms. The smallest absolute Gasteiger partial charge is 0.241 e. The first-order valence-electron chi connectivity index (χ1n) is 7.46. The highest BCUT2D eigenvalue weighted by Crippen LogP contribution is 2.17. The van der Waals surface area contributed by atoms with Crippen molar-refractivity contribution in [3.63, 3.8) is 0 Å². The zero-order chi connectivity index (χ0) is 14.4. The van der Waals surface area contributed by atoms with Crippen LogP contribution in [0.25, 0.3) is 0 Å². The average Bonchev–Trinajstić information content (AvgIpc) is 2.90. The second kappa shape index (κ2) is 7.38. The van der Waals surface area contributed by atoms with Crippen LogP contribution in [0, 0.1) is 11.8 Å². The summed E-state index contributed by atoms with van der Waals surface area (Å²) >= 11 is 0. The molecule has 0 aliphatic carbocycles. The van der Waals surface area contributed by atoms with Crippen LogP contribution in [0.2, 0.25) is 0 Å². The van der Waals surface area contributed by atoms with Crippen LogP contribution in [0.5, 0.6) is 0 Å². The topological polar surface area (TPSA) is 63.1 Å². The van der Waals surface area contributed by atoms with E-state index in [1.807, 2.05) is 0 Å². The lowest BCUT2D eigenvalue weighted by atomic mass is 9.96. The van der Waals surface area contributed by atoms with Gasteiger partial charge in [0.05, 0.1) is 6.20 Å². The van der Waals surface area contributed by atoms with Gasteiger partial charge in [-0.15, -0.1) is 5.10 Å². The van der Waals surface area contributed by atoms with Crippen molar-refractivity contribution < 1.29 is 4.79 Å². The molecule has 112 valence electrons. The number of nitrogens with one attached hydrogen (secondary N) is 1. The fraction of sp³-hybridized carbons (Fsp3) is 0.786. The summed E-state index contributed by atoms with van der Waals surface area (Å²) in [4.78, 5) is 14.3. The molecule has 1 aliphatic rings. The quantitative estimate of drug-likeness (QED) is 0.835. The highest BCUT2D eigenvalue weighted by atomic mass is 16.2. The van der Waals surface area contributed by atoms with Gasteiger partial charge in [-0.25, -0.2) is 4.68 Å². The molecule has 2 rings (SSSR count). The van der Waals surface area contributed by atoms with Gasteiger partial charge >= 0.3 is 0 Å². The van der Waals surface area contributed by atoms with Crippen LogP contribution in [0.3, 0.4) is 0 Å². The Morgan fingerprint density at radius 3 is 2.75 bits per heavy atom. The molecule has 0 saturated carbocycles. The van der Waals surface area contributed by atoms with Crippen molar-refractivity contribution in [1.82, 2.24) is 25.2 Å². The summed E-state index contributed by atoms with van der Waals surface area (Å²) in [5.41, 5.74) is 0. The second-order valence-corrected chi connectivity index (χ2v) is 6.04. The van der Waals surface area contributed by atoms with E-state index in [4.69, 9.17) is 0 Å². The Hall–Kier alpha value is -1.43. The SMILES string of the molecule is CC(C)CN1CCC(CNC(=O)Cn2ccnn2)CC1. The van der Waals surface area contributed by atoms with Crippen molar-refractivity contribution in [3.8, 4) is 0 Å². The molecule has 0 unspecified atom stereocenters. The molecule has 1 aliphatic heterocycles. The number of amides is 1. The van der Waals surface area contributed by atoms with Crippen molar-refractivity contribution in [1.29, 1.82) is 0 Å². The van der Waals surface area contributed by atoms with Crippen LogP contribution in [0.4, 0.5) is 0 Å². The van der Waals surface area contributed by atoms with Gasteiger partial charge < -0.3 is 10.2 Å². The van der Waals surface area contributed by atoms with E-state index in [1.165, 1.54) is 19.4 Å². The monoisotopic (exact) mass is 279 g/mol. The molecule has 6 nitrogen and oxygen atoms in total. The number of piperidine rings is 1. The summed E-state index contributed by atoms with van der Waals surface area (Å²) in [6.45, 7) is 9.05. The third-order valence-corrected chi connectivity index (χ3v) is 3.70. The van der Waals surface area contributed by atoms with Gasteiger partial charge in [0.1, 0.15) is 6.54 Å². The van der Waals surface area contributed by atoms with E-state index in [0.717, 1.165) is 25.6 Å². The van der Waals surface area contributed by atoms with Gasteiger partial charge in [-0.05, 0) is 37.8 Å². The number of aromatic nitrogens is 3. The normalized spacial score (nSPS) is 17.6. The fourth-order valence-electron chi connectivity index (χ4n) is 2.67. The molecule has 1 fully saturated rings. The van der Waals surface area contributed by atoms with Gasteiger partial charge in [0, 0.05) is 19.3 Å². The number of nitrogens with zero attached hydrogens (tertiary/aromatic N) is 4. The van der Waals surface area contributed by atoms with E-state index in [9.17, 15) is 4.79 Å². The van der Waals surface area contributed by atoms with E-state index in [-0.39, 0.29) is 12.5 Å². The number of hydrogen-bond donors (Lipinski definition) is 1. The third-order valence-electron chi connectivity index (χ3n) is 3.70. The summed E-state index contributed by atoms with van der Waals surface area (Å²) in [5, 5.41) is 10.5. The third kappa shape index (κ3) is 4.92. The number of hydrogen-bond acceptors (Lipinski definition) is 4. The van der Waals surface area contributed by atoms with E-state index in [1.54, 1.807) is 17.1 Å². The van der Waals surface area contributed by atoms with Gasteiger partial charge in [-0.3, -0.25) is 4.79 Å². The van der Waals surface area contributed by atoms with Crippen molar-refractivity contribution in [2.45, 2.75) is 33.2 Å². The molecule has 1 saturated heterocycles. The minimum Gasteiger partial charge on any atom is -0.354 e. The van der Waals surface area contributed by atoms with E-state index in [0.29, 0.717) is 5.92 Å². The Morgan fingerprint density at radius 1 is 1.40 bits per heavy atom. The predicted octanol–water partition coefficient (Wildman–Crippen LogP) is 0.762. The van der Waals surface area contributed by atoms with Crippen LogP contribution in [0.1, 0.15) is 26.7 Å². The minimum absolute atomic E-state index is 0.0140. The van der Waals surface area contributed by atoms with Crippen molar-refractivity contribution in [2.75, 3.05) is 26.2 Å². The molecular weight excluding hydrogens is 254 g/mol. The highest BCUT2D eigenvalue weighted by molar-refractivity contribution is 5.75. The first-order valence-corrected chi connectivity index (χ1v) is 7.46. The maximum Gasteiger partial charge on any atom is 0.241 e. The van der Waals surface area contributed by atoms with Crippen molar-refractivity contribution in [3.05, 3.63) is 12.4 Å². The van der Waals surface area contributed by atoms with Gasteiger partial charge in [-0.2, -0.15) is 0 Å².